The molecular formula is C16H21ClN2. The Morgan fingerprint density at radius 1 is 1.26 bits per heavy atom. The Morgan fingerprint density at radius 3 is 2.47 bits per heavy atom. The van der Waals surface area contributed by atoms with E-state index in [-0.39, 0.29) is 10.8 Å². The maximum absolute atomic E-state index is 6.13. The highest BCUT2D eigenvalue weighted by atomic mass is 35.5. The minimum absolute atomic E-state index is 0.0733. The van der Waals surface area contributed by atoms with Crippen molar-refractivity contribution in [2.75, 3.05) is 0 Å². The predicted octanol–water partition coefficient (Wildman–Crippen LogP) is 4.98. The van der Waals surface area contributed by atoms with Crippen molar-refractivity contribution in [1.82, 2.24) is 9.97 Å². The molecule has 0 bridgehead atoms. The molecule has 1 aromatic carbocycles. The van der Waals surface area contributed by atoms with E-state index >= 15 is 0 Å². The zero-order valence-electron chi connectivity index (χ0n) is 12.2. The van der Waals surface area contributed by atoms with Crippen LogP contribution in [0.2, 0.25) is 0 Å². The van der Waals surface area contributed by atoms with Gasteiger partial charge in [0.25, 0.3) is 0 Å². The van der Waals surface area contributed by atoms with Crippen molar-refractivity contribution in [3.05, 3.63) is 41.2 Å². The Labute approximate surface area is 120 Å². The fourth-order valence-corrected chi connectivity index (χ4v) is 2.34. The molecule has 1 aromatic heterocycles. The molecule has 2 aromatic rings. The van der Waals surface area contributed by atoms with Crippen LogP contribution < -0.4 is 0 Å². The number of alkyl halides is 1. The van der Waals surface area contributed by atoms with Crippen molar-refractivity contribution in [3.63, 3.8) is 0 Å². The summed E-state index contributed by atoms with van der Waals surface area (Å²) in [6, 6.07) is 8.51. The molecule has 1 atom stereocenters. The van der Waals surface area contributed by atoms with Gasteiger partial charge in [-0.3, -0.25) is 0 Å². The lowest BCUT2D eigenvalue weighted by Gasteiger charge is -2.19. The summed E-state index contributed by atoms with van der Waals surface area (Å²) in [5, 5.41) is -0.0733. The summed E-state index contributed by atoms with van der Waals surface area (Å²) < 4.78 is 0. The number of benzene rings is 1. The molecule has 2 nitrogen and oxygen atoms in total. The maximum atomic E-state index is 6.13. The van der Waals surface area contributed by atoms with E-state index in [4.69, 9.17) is 11.6 Å². The van der Waals surface area contributed by atoms with Crippen LogP contribution in [0.15, 0.2) is 24.3 Å². The lowest BCUT2D eigenvalue weighted by Crippen LogP contribution is -2.10. The van der Waals surface area contributed by atoms with Gasteiger partial charge < -0.3 is 4.98 Å². The normalized spacial score (nSPS) is 13.6. The first-order valence-electron chi connectivity index (χ1n) is 6.60. The number of hydrogen-bond donors (Lipinski definition) is 1. The third kappa shape index (κ3) is 3.01. The van der Waals surface area contributed by atoms with Gasteiger partial charge in [0.2, 0.25) is 0 Å². The van der Waals surface area contributed by atoms with E-state index in [2.05, 4.69) is 55.0 Å². The molecule has 0 spiro atoms. The monoisotopic (exact) mass is 276 g/mol. The van der Waals surface area contributed by atoms with Crippen LogP contribution in [-0.2, 0) is 5.41 Å². The SMILES string of the molecule is Cc1[nH]c(-c2cccc(C(C)(C)C)c2)nc1C(C)Cl. The average Bonchev–Trinajstić information content (AvgIpc) is 2.70. The molecule has 0 radical (unpaired) electrons. The number of aryl methyl sites for hydroxylation is 1. The van der Waals surface area contributed by atoms with Crippen LogP contribution >= 0.6 is 11.6 Å². The quantitative estimate of drug-likeness (QED) is 0.770. The third-order valence-corrected chi connectivity index (χ3v) is 3.51. The fraction of sp³-hybridized carbons (Fsp3) is 0.438. The molecule has 0 aliphatic carbocycles. The van der Waals surface area contributed by atoms with Crippen molar-refractivity contribution in [3.8, 4) is 11.4 Å². The summed E-state index contributed by atoms with van der Waals surface area (Å²) >= 11 is 6.13. The van der Waals surface area contributed by atoms with Gasteiger partial charge in [0.1, 0.15) is 5.82 Å². The van der Waals surface area contributed by atoms with Gasteiger partial charge in [-0.15, -0.1) is 11.6 Å². The number of imidazole rings is 1. The Hall–Kier alpha value is -1.28. The molecule has 0 saturated heterocycles. The van der Waals surface area contributed by atoms with Gasteiger partial charge in [0, 0.05) is 11.3 Å². The number of aromatic nitrogens is 2. The van der Waals surface area contributed by atoms with Crippen LogP contribution in [0.4, 0.5) is 0 Å². The number of rotatable bonds is 2. The van der Waals surface area contributed by atoms with E-state index in [0.717, 1.165) is 22.8 Å². The first kappa shape index (κ1) is 14.1. The minimum atomic E-state index is -0.0733. The van der Waals surface area contributed by atoms with Crippen LogP contribution in [0.3, 0.4) is 0 Å². The van der Waals surface area contributed by atoms with Gasteiger partial charge >= 0.3 is 0 Å². The second-order valence-electron chi connectivity index (χ2n) is 6.04. The predicted molar refractivity (Wildman–Crippen MR) is 81.7 cm³/mol. The van der Waals surface area contributed by atoms with Crippen molar-refractivity contribution < 1.29 is 0 Å². The van der Waals surface area contributed by atoms with Gasteiger partial charge in [-0.05, 0) is 30.9 Å². The number of hydrogen-bond acceptors (Lipinski definition) is 1. The first-order valence-corrected chi connectivity index (χ1v) is 7.04. The van der Waals surface area contributed by atoms with Crippen molar-refractivity contribution in [2.45, 2.75) is 45.4 Å². The summed E-state index contributed by atoms with van der Waals surface area (Å²) in [6.45, 7) is 10.6. The van der Waals surface area contributed by atoms with Gasteiger partial charge in [0.05, 0.1) is 11.1 Å². The standard InChI is InChI=1S/C16H21ClN2/c1-10(17)14-11(2)18-15(19-14)12-7-6-8-13(9-12)16(3,4)5/h6-10H,1-5H3,(H,18,19). The van der Waals surface area contributed by atoms with E-state index in [1.165, 1.54) is 5.56 Å². The summed E-state index contributed by atoms with van der Waals surface area (Å²) in [7, 11) is 0. The highest BCUT2D eigenvalue weighted by molar-refractivity contribution is 6.20. The fourth-order valence-electron chi connectivity index (χ4n) is 2.13. The average molecular weight is 277 g/mol. The smallest absolute Gasteiger partial charge is 0.137 e. The van der Waals surface area contributed by atoms with Crippen molar-refractivity contribution in [1.29, 1.82) is 0 Å². The maximum Gasteiger partial charge on any atom is 0.137 e. The Morgan fingerprint density at radius 2 is 1.95 bits per heavy atom. The molecule has 3 heteroatoms. The minimum Gasteiger partial charge on any atom is -0.342 e. The van der Waals surface area contributed by atoms with E-state index in [9.17, 15) is 0 Å². The first-order chi connectivity index (χ1) is 8.79. The van der Waals surface area contributed by atoms with Crippen LogP contribution in [0.1, 0.15) is 50.0 Å². The Kier molecular flexibility index (Phi) is 3.73. The van der Waals surface area contributed by atoms with Crippen LogP contribution in [-0.4, -0.2) is 9.97 Å². The van der Waals surface area contributed by atoms with Crippen molar-refractivity contribution >= 4 is 11.6 Å². The molecule has 1 heterocycles. The van der Waals surface area contributed by atoms with Gasteiger partial charge in [-0.2, -0.15) is 0 Å². The molecule has 2 rings (SSSR count). The molecule has 0 amide bonds. The number of aromatic amines is 1. The number of H-pyrrole nitrogens is 1. The molecule has 0 fully saturated rings. The second-order valence-corrected chi connectivity index (χ2v) is 6.70. The number of halogens is 1. The zero-order valence-corrected chi connectivity index (χ0v) is 13.0. The number of nitrogens with zero attached hydrogens (tertiary/aromatic N) is 1. The largest absolute Gasteiger partial charge is 0.342 e. The highest BCUT2D eigenvalue weighted by Gasteiger charge is 2.16. The second kappa shape index (κ2) is 5.01. The Balaban J connectivity index is 2.45. The van der Waals surface area contributed by atoms with Gasteiger partial charge in [0.15, 0.2) is 0 Å². The lowest BCUT2D eigenvalue weighted by molar-refractivity contribution is 0.590. The van der Waals surface area contributed by atoms with E-state index in [1.807, 2.05) is 13.8 Å². The van der Waals surface area contributed by atoms with Crippen molar-refractivity contribution in [2.24, 2.45) is 0 Å². The van der Waals surface area contributed by atoms with Crippen LogP contribution in [0, 0.1) is 6.92 Å². The summed E-state index contributed by atoms with van der Waals surface area (Å²) in [4.78, 5) is 7.94. The Bertz CT molecular complexity index is 577. The molecule has 0 saturated carbocycles. The number of nitrogens with one attached hydrogen (secondary N) is 1. The van der Waals surface area contributed by atoms with Gasteiger partial charge in [-0.25, -0.2) is 4.98 Å². The van der Waals surface area contributed by atoms with Crippen LogP contribution in [0.25, 0.3) is 11.4 Å². The van der Waals surface area contributed by atoms with Gasteiger partial charge in [-0.1, -0.05) is 39.0 Å². The lowest BCUT2D eigenvalue weighted by atomic mass is 9.86. The van der Waals surface area contributed by atoms with E-state index in [1.54, 1.807) is 0 Å². The summed E-state index contributed by atoms with van der Waals surface area (Å²) in [5.41, 5.74) is 4.52. The molecule has 19 heavy (non-hydrogen) atoms. The highest BCUT2D eigenvalue weighted by Crippen LogP contribution is 2.28. The molecule has 102 valence electrons. The molecule has 1 unspecified atom stereocenters. The summed E-state index contributed by atoms with van der Waals surface area (Å²) in [5.74, 6) is 0.895. The molecule has 0 aliphatic rings. The zero-order chi connectivity index (χ0) is 14.2. The van der Waals surface area contributed by atoms with Crippen LogP contribution in [0.5, 0.6) is 0 Å². The van der Waals surface area contributed by atoms with E-state index < -0.39 is 0 Å². The topological polar surface area (TPSA) is 28.7 Å². The van der Waals surface area contributed by atoms with E-state index in [0.29, 0.717) is 0 Å². The molecule has 1 N–H and O–H groups in total. The third-order valence-electron chi connectivity index (χ3n) is 3.30. The summed E-state index contributed by atoms with van der Waals surface area (Å²) in [6.07, 6.45) is 0. The molecule has 0 aliphatic heterocycles. The molecular weight excluding hydrogens is 256 g/mol.